The second kappa shape index (κ2) is 5.66. The lowest BCUT2D eigenvalue weighted by atomic mass is 10.00. The Morgan fingerprint density at radius 1 is 1.37 bits per heavy atom. The van der Waals surface area contributed by atoms with Crippen LogP contribution in [0.1, 0.15) is 32.6 Å². The van der Waals surface area contributed by atoms with Gasteiger partial charge in [0.15, 0.2) is 0 Å². The van der Waals surface area contributed by atoms with Crippen LogP contribution < -0.4 is 5.32 Å². The van der Waals surface area contributed by atoms with Crippen LogP contribution in [0, 0.1) is 0 Å². The van der Waals surface area contributed by atoms with Crippen LogP contribution in [-0.4, -0.2) is 23.7 Å². The molecule has 102 valence electrons. The van der Waals surface area contributed by atoms with Gasteiger partial charge in [0.05, 0.1) is 6.10 Å². The first-order valence-electron chi connectivity index (χ1n) is 7.30. The summed E-state index contributed by atoms with van der Waals surface area (Å²) in [6, 6.07) is 9.17. The molecule has 0 saturated carbocycles. The van der Waals surface area contributed by atoms with Crippen LogP contribution in [0.5, 0.6) is 0 Å². The number of anilines is 1. The van der Waals surface area contributed by atoms with E-state index in [0.717, 1.165) is 19.4 Å². The van der Waals surface area contributed by atoms with Crippen LogP contribution >= 0.6 is 0 Å². The molecule has 1 saturated heterocycles. The molecule has 1 aliphatic rings. The van der Waals surface area contributed by atoms with E-state index in [2.05, 4.69) is 41.5 Å². The molecule has 3 nitrogen and oxygen atoms in total. The van der Waals surface area contributed by atoms with E-state index in [1.807, 2.05) is 6.20 Å². The van der Waals surface area contributed by atoms with E-state index in [4.69, 9.17) is 4.74 Å². The zero-order chi connectivity index (χ0) is 13.1. The van der Waals surface area contributed by atoms with Crippen molar-refractivity contribution in [3.05, 3.63) is 30.5 Å². The number of benzene rings is 1. The highest BCUT2D eigenvalue weighted by molar-refractivity contribution is 5.83. The number of aromatic nitrogens is 1. The van der Waals surface area contributed by atoms with Gasteiger partial charge in [-0.1, -0.05) is 13.3 Å². The van der Waals surface area contributed by atoms with Crippen molar-refractivity contribution in [2.75, 3.05) is 11.9 Å². The third-order valence-corrected chi connectivity index (χ3v) is 3.90. The highest BCUT2D eigenvalue weighted by Gasteiger charge is 2.21. The average molecular weight is 258 g/mol. The normalized spacial score (nSPS) is 23.6. The lowest BCUT2D eigenvalue weighted by Crippen LogP contribution is -2.33. The largest absolute Gasteiger partial charge is 0.382 e. The molecule has 1 fully saturated rings. The molecule has 2 atom stereocenters. The molecule has 1 aromatic heterocycles. The Morgan fingerprint density at radius 2 is 2.32 bits per heavy atom. The summed E-state index contributed by atoms with van der Waals surface area (Å²) < 4.78 is 5.80. The highest BCUT2D eigenvalue weighted by atomic mass is 16.5. The molecular formula is C16H22N2O. The third-order valence-electron chi connectivity index (χ3n) is 3.90. The van der Waals surface area contributed by atoms with Crippen molar-refractivity contribution in [2.24, 2.45) is 0 Å². The fourth-order valence-electron chi connectivity index (χ4n) is 2.91. The molecule has 3 heteroatoms. The molecule has 3 rings (SSSR count). The minimum absolute atomic E-state index is 0.437. The van der Waals surface area contributed by atoms with Crippen molar-refractivity contribution in [1.82, 2.24) is 4.98 Å². The number of hydrogen-bond acceptors (Lipinski definition) is 2. The summed E-state index contributed by atoms with van der Waals surface area (Å²) in [4.78, 5) is 3.23. The number of ether oxygens (including phenoxy) is 1. The second-order valence-electron chi connectivity index (χ2n) is 5.43. The summed E-state index contributed by atoms with van der Waals surface area (Å²) >= 11 is 0. The predicted octanol–water partition coefficient (Wildman–Crippen LogP) is 3.93. The lowest BCUT2D eigenvalue weighted by Gasteiger charge is -2.30. The molecule has 0 amide bonds. The van der Waals surface area contributed by atoms with Crippen molar-refractivity contribution in [3.63, 3.8) is 0 Å². The second-order valence-corrected chi connectivity index (χ2v) is 5.43. The number of rotatable bonds is 4. The Morgan fingerprint density at radius 3 is 3.21 bits per heavy atom. The van der Waals surface area contributed by atoms with Crippen LogP contribution in [0.25, 0.3) is 10.9 Å². The minimum Gasteiger partial charge on any atom is -0.382 e. The molecule has 0 bridgehead atoms. The summed E-state index contributed by atoms with van der Waals surface area (Å²) in [6.07, 6.45) is 7.03. The summed E-state index contributed by atoms with van der Waals surface area (Å²) in [7, 11) is 0. The molecule has 0 spiro atoms. The van der Waals surface area contributed by atoms with Crippen LogP contribution in [0.3, 0.4) is 0 Å². The first-order valence-corrected chi connectivity index (χ1v) is 7.30. The molecular weight excluding hydrogens is 236 g/mol. The summed E-state index contributed by atoms with van der Waals surface area (Å²) in [6.45, 7) is 3.11. The summed E-state index contributed by atoms with van der Waals surface area (Å²) in [5.74, 6) is 0. The Hall–Kier alpha value is -1.48. The Labute approximate surface area is 114 Å². The molecule has 1 aliphatic heterocycles. The molecule has 2 unspecified atom stereocenters. The van der Waals surface area contributed by atoms with E-state index in [1.165, 1.54) is 29.4 Å². The van der Waals surface area contributed by atoms with Crippen molar-refractivity contribution >= 4 is 16.6 Å². The topological polar surface area (TPSA) is 37.0 Å². The monoisotopic (exact) mass is 258 g/mol. The van der Waals surface area contributed by atoms with Gasteiger partial charge >= 0.3 is 0 Å². The van der Waals surface area contributed by atoms with Crippen molar-refractivity contribution in [1.29, 1.82) is 0 Å². The van der Waals surface area contributed by atoms with Gasteiger partial charge in [-0.25, -0.2) is 0 Å². The minimum atomic E-state index is 0.437. The highest BCUT2D eigenvalue weighted by Crippen LogP contribution is 2.23. The van der Waals surface area contributed by atoms with E-state index in [-0.39, 0.29) is 0 Å². The van der Waals surface area contributed by atoms with Gasteiger partial charge in [-0.15, -0.1) is 0 Å². The van der Waals surface area contributed by atoms with Gasteiger partial charge < -0.3 is 15.0 Å². The van der Waals surface area contributed by atoms with Crippen molar-refractivity contribution in [3.8, 4) is 0 Å². The standard InChI is InChI=1S/C16H22N2O/c1-2-3-15-11-14(7-9-19-15)18-13-4-5-16-12(10-13)6-8-17-16/h4-6,8,10,14-15,17-18H,2-3,7,9,11H2,1H3. The zero-order valence-corrected chi connectivity index (χ0v) is 11.5. The number of nitrogens with one attached hydrogen (secondary N) is 2. The first-order chi connectivity index (χ1) is 9.35. The van der Waals surface area contributed by atoms with Gasteiger partial charge in [0.2, 0.25) is 0 Å². The Balaban J connectivity index is 1.66. The van der Waals surface area contributed by atoms with Crippen molar-refractivity contribution in [2.45, 2.75) is 44.8 Å². The SMILES string of the molecule is CCCC1CC(Nc2ccc3[nH]ccc3c2)CCO1. The molecule has 1 aromatic carbocycles. The maximum Gasteiger partial charge on any atom is 0.0594 e. The average Bonchev–Trinajstić information content (AvgIpc) is 2.87. The lowest BCUT2D eigenvalue weighted by molar-refractivity contribution is 0.00598. The van der Waals surface area contributed by atoms with E-state index in [0.29, 0.717) is 12.1 Å². The third kappa shape index (κ3) is 2.92. The molecule has 2 heterocycles. The van der Waals surface area contributed by atoms with Crippen LogP contribution in [0.15, 0.2) is 30.5 Å². The molecule has 19 heavy (non-hydrogen) atoms. The van der Waals surface area contributed by atoms with E-state index in [9.17, 15) is 0 Å². The zero-order valence-electron chi connectivity index (χ0n) is 11.5. The smallest absolute Gasteiger partial charge is 0.0594 e. The van der Waals surface area contributed by atoms with Crippen molar-refractivity contribution < 1.29 is 4.74 Å². The fraction of sp³-hybridized carbons (Fsp3) is 0.500. The van der Waals surface area contributed by atoms with Crippen LogP contribution in [0.2, 0.25) is 0 Å². The first kappa shape index (κ1) is 12.5. The van der Waals surface area contributed by atoms with Gasteiger partial charge in [-0.05, 0) is 43.5 Å². The molecule has 2 aromatic rings. The quantitative estimate of drug-likeness (QED) is 0.872. The van der Waals surface area contributed by atoms with Gasteiger partial charge in [0, 0.05) is 35.4 Å². The fourth-order valence-corrected chi connectivity index (χ4v) is 2.91. The van der Waals surface area contributed by atoms with Crippen LogP contribution in [0.4, 0.5) is 5.69 Å². The predicted molar refractivity (Wildman–Crippen MR) is 79.6 cm³/mol. The summed E-state index contributed by atoms with van der Waals surface area (Å²) in [5.41, 5.74) is 2.41. The van der Waals surface area contributed by atoms with E-state index < -0.39 is 0 Å². The molecule has 2 N–H and O–H groups in total. The van der Waals surface area contributed by atoms with Crippen LogP contribution in [-0.2, 0) is 4.74 Å². The van der Waals surface area contributed by atoms with E-state index in [1.54, 1.807) is 0 Å². The number of H-pyrrole nitrogens is 1. The number of aromatic amines is 1. The van der Waals surface area contributed by atoms with Gasteiger partial charge in [0.25, 0.3) is 0 Å². The number of hydrogen-bond donors (Lipinski definition) is 2. The Kier molecular flexibility index (Phi) is 3.74. The van der Waals surface area contributed by atoms with Gasteiger partial charge in [0.1, 0.15) is 0 Å². The van der Waals surface area contributed by atoms with Gasteiger partial charge in [-0.2, -0.15) is 0 Å². The molecule has 0 aliphatic carbocycles. The summed E-state index contributed by atoms with van der Waals surface area (Å²) in [5, 5.41) is 4.92. The molecule has 0 radical (unpaired) electrons. The van der Waals surface area contributed by atoms with Gasteiger partial charge in [-0.3, -0.25) is 0 Å². The maximum atomic E-state index is 5.80. The Bertz CT molecular complexity index is 532. The maximum absolute atomic E-state index is 5.80. The van der Waals surface area contributed by atoms with E-state index >= 15 is 0 Å². The number of fused-ring (bicyclic) bond motifs is 1.